The highest BCUT2D eigenvalue weighted by Gasteiger charge is 2.18. The van der Waals surface area contributed by atoms with Gasteiger partial charge in [0, 0.05) is 38.4 Å². The van der Waals surface area contributed by atoms with E-state index in [1.165, 1.54) is 6.07 Å². The lowest BCUT2D eigenvalue weighted by molar-refractivity contribution is -0.118. The average molecular weight is 251 g/mol. The van der Waals surface area contributed by atoms with Gasteiger partial charge in [0.2, 0.25) is 6.41 Å². The maximum Gasteiger partial charge on any atom is 0.209 e. The van der Waals surface area contributed by atoms with Crippen LogP contribution in [0.25, 0.3) is 0 Å². The summed E-state index contributed by atoms with van der Waals surface area (Å²) >= 11 is 0. The van der Waals surface area contributed by atoms with Crippen LogP contribution in [0.4, 0.5) is 10.1 Å². The van der Waals surface area contributed by atoms with Crippen molar-refractivity contribution in [2.24, 2.45) is 0 Å². The van der Waals surface area contributed by atoms with Gasteiger partial charge in [-0.15, -0.1) is 0 Å². The van der Waals surface area contributed by atoms with Gasteiger partial charge in [-0.05, 0) is 30.8 Å². The van der Waals surface area contributed by atoms with Gasteiger partial charge in [-0.3, -0.25) is 4.79 Å². The third-order valence-electron chi connectivity index (χ3n) is 3.21. The molecule has 1 aliphatic heterocycles. The molecule has 0 aromatic heterocycles. The minimum Gasteiger partial charge on any atom is -0.368 e. The van der Waals surface area contributed by atoms with Crippen molar-refractivity contribution in [2.45, 2.75) is 6.54 Å². The predicted molar refractivity (Wildman–Crippen MR) is 69.0 cm³/mol. The summed E-state index contributed by atoms with van der Waals surface area (Å²) in [6.07, 6.45) is 0.885. The summed E-state index contributed by atoms with van der Waals surface area (Å²) in [4.78, 5) is 14.6. The van der Waals surface area contributed by atoms with Gasteiger partial charge in [0.25, 0.3) is 0 Å². The molecule has 5 heteroatoms. The number of piperazine rings is 1. The molecule has 0 aliphatic carbocycles. The third-order valence-corrected chi connectivity index (χ3v) is 3.21. The molecule has 1 aromatic carbocycles. The maximum atomic E-state index is 13.3. The molecule has 1 aromatic rings. The van der Waals surface area contributed by atoms with Crippen molar-refractivity contribution in [1.29, 1.82) is 0 Å². The molecule has 0 bridgehead atoms. The first kappa shape index (κ1) is 12.8. The summed E-state index contributed by atoms with van der Waals surface area (Å²) < 4.78 is 13.3. The fraction of sp³-hybridized carbons (Fsp3) is 0.462. The van der Waals surface area contributed by atoms with Gasteiger partial charge in [-0.2, -0.15) is 0 Å². The monoisotopic (exact) mass is 251 g/mol. The van der Waals surface area contributed by atoms with Crippen LogP contribution in [0.5, 0.6) is 0 Å². The molecule has 0 radical (unpaired) electrons. The molecule has 1 N–H and O–H groups in total. The summed E-state index contributed by atoms with van der Waals surface area (Å²) in [6.45, 7) is 3.67. The van der Waals surface area contributed by atoms with Gasteiger partial charge in [-0.25, -0.2) is 4.39 Å². The minimum atomic E-state index is -0.212. The first-order valence-electron chi connectivity index (χ1n) is 6.12. The summed E-state index contributed by atoms with van der Waals surface area (Å²) in [7, 11) is 1.85. The van der Waals surface area contributed by atoms with Crippen molar-refractivity contribution >= 4 is 12.1 Å². The van der Waals surface area contributed by atoms with Crippen LogP contribution in [0, 0.1) is 5.82 Å². The Morgan fingerprint density at radius 1 is 1.33 bits per heavy atom. The Bertz CT molecular complexity index is 417. The number of hydrogen-bond acceptors (Lipinski definition) is 3. The molecule has 1 fully saturated rings. The van der Waals surface area contributed by atoms with Crippen molar-refractivity contribution in [3.63, 3.8) is 0 Å². The van der Waals surface area contributed by atoms with Crippen molar-refractivity contribution < 1.29 is 9.18 Å². The van der Waals surface area contributed by atoms with E-state index in [0.717, 1.165) is 43.8 Å². The number of carbonyl (C=O) groups is 1. The highest BCUT2D eigenvalue weighted by atomic mass is 19.1. The number of halogens is 1. The van der Waals surface area contributed by atoms with Crippen molar-refractivity contribution in [1.82, 2.24) is 10.2 Å². The Labute approximate surface area is 106 Å². The van der Waals surface area contributed by atoms with Crippen LogP contribution in [-0.2, 0) is 11.3 Å². The van der Waals surface area contributed by atoms with E-state index in [1.54, 1.807) is 11.0 Å². The highest BCUT2D eigenvalue weighted by molar-refractivity contribution is 5.55. The summed E-state index contributed by atoms with van der Waals surface area (Å²) in [5.74, 6) is -0.212. The number of hydrogen-bond donors (Lipinski definition) is 1. The lowest BCUT2D eigenvalue weighted by atomic mass is 10.1. The molecule has 18 heavy (non-hydrogen) atoms. The number of nitrogens with one attached hydrogen (secondary N) is 1. The Kier molecular flexibility index (Phi) is 4.15. The van der Waals surface area contributed by atoms with Crippen LogP contribution in [0.3, 0.4) is 0 Å². The number of rotatable bonds is 4. The molecule has 1 aliphatic rings. The average Bonchev–Trinajstić information content (AvgIpc) is 2.40. The van der Waals surface area contributed by atoms with E-state index in [4.69, 9.17) is 0 Å². The number of nitrogens with zero attached hydrogens (tertiary/aromatic N) is 2. The standard InChI is InChI=1S/C13H18FN3O/c1-15-9-11-8-12(14)2-3-13(11)17-6-4-16(10-18)5-7-17/h2-3,8,10,15H,4-7,9H2,1H3. The van der Waals surface area contributed by atoms with Gasteiger partial charge in [0.05, 0.1) is 0 Å². The molecule has 1 saturated heterocycles. The molecule has 0 saturated carbocycles. The molecule has 1 amide bonds. The first-order valence-corrected chi connectivity index (χ1v) is 6.12. The molecule has 2 rings (SSSR count). The van der Waals surface area contributed by atoms with Crippen LogP contribution in [0.2, 0.25) is 0 Å². The summed E-state index contributed by atoms with van der Waals surface area (Å²) in [6, 6.07) is 4.87. The largest absolute Gasteiger partial charge is 0.368 e. The van der Waals surface area contributed by atoms with Gasteiger partial charge in [-0.1, -0.05) is 0 Å². The van der Waals surface area contributed by atoms with Gasteiger partial charge in [0.1, 0.15) is 5.82 Å². The molecule has 0 atom stereocenters. The predicted octanol–water partition coefficient (Wildman–Crippen LogP) is 0.823. The van der Waals surface area contributed by atoms with E-state index in [1.807, 2.05) is 13.1 Å². The fourth-order valence-corrected chi connectivity index (χ4v) is 2.26. The van der Waals surface area contributed by atoms with Crippen LogP contribution in [-0.4, -0.2) is 44.5 Å². The lowest BCUT2D eigenvalue weighted by Gasteiger charge is -2.35. The number of benzene rings is 1. The SMILES string of the molecule is CNCc1cc(F)ccc1N1CCN(C=O)CC1. The Morgan fingerprint density at radius 2 is 2.06 bits per heavy atom. The van der Waals surface area contributed by atoms with Gasteiger partial charge >= 0.3 is 0 Å². The fourth-order valence-electron chi connectivity index (χ4n) is 2.26. The Hall–Kier alpha value is -1.62. The zero-order chi connectivity index (χ0) is 13.0. The summed E-state index contributed by atoms with van der Waals surface area (Å²) in [5.41, 5.74) is 2.01. The van der Waals surface area contributed by atoms with Gasteiger partial charge < -0.3 is 15.1 Å². The molecule has 1 heterocycles. The van der Waals surface area contributed by atoms with Gasteiger partial charge in [0.15, 0.2) is 0 Å². The number of anilines is 1. The quantitative estimate of drug-likeness (QED) is 0.805. The molecule has 4 nitrogen and oxygen atoms in total. The second-order valence-corrected chi connectivity index (χ2v) is 4.43. The van der Waals surface area contributed by atoms with E-state index < -0.39 is 0 Å². The van der Waals surface area contributed by atoms with Crippen molar-refractivity contribution in [3.8, 4) is 0 Å². The summed E-state index contributed by atoms with van der Waals surface area (Å²) in [5, 5.41) is 3.05. The van der Waals surface area contributed by atoms with Crippen LogP contribution < -0.4 is 10.2 Å². The van der Waals surface area contributed by atoms with E-state index in [2.05, 4.69) is 10.2 Å². The number of carbonyl (C=O) groups excluding carboxylic acids is 1. The molecular formula is C13H18FN3O. The van der Waals surface area contributed by atoms with E-state index in [9.17, 15) is 9.18 Å². The van der Waals surface area contributed by atoms with Crippen LogP contribution in [0.15, 0.2) is 18.2 Å². The minimum absolute atomic E-state index is 0.212. The van der Waals surface area contributed by atoms with E-state index in [0.29, 0.717) is 6.54 Å². The second-order valence-electron chi connectivity index (χ2n) is 4.43. The normalized spacial score (nSPS) is 15.9. The van der Waals surface area contributed by atoms with E-state index in [-0.39, 0.29) is 5.82 Å². The topological polar surface area (TPSA) is 35.6 Å². The lowest BCUT2D eigenvalue weighted by Crippen LogP contribution is -2.46. The maximum absolute atomic E-state index is 13.3. The third kappa shape index (κ3) is 2.79. The second kappa shape index (κ2) is 5.82. The molecular weight excluding hydrogens is 233 g/mol. The highest BCUT2D eigenvalue weighted by Crippen LogP contribution is 2.22. The van der Waals surface area contributed by atoms with Crippen molar-refractivity contribution in [2.75, 3.05) is 38.1 Å². The molecule has 98 valence electrons. The smallest absolute Gasteiger partial charge is 0.209 e. The Balaban J connectivity index is 2.15. The van der Waals surface area contributed by atoms with E-state index >= 15 is 0 Å². The molecule has 0 unspecified atom stereocenters. The first-order chi connectivity index (χ1) is 8.74. The zero-order valence-corrected chi connectivity index (χ0v) is 10.5. The number of amides is 1. The molecule has 0 spiro atoms. The van der Waals surface area contributed by atoms with Crippen LogP contribution >= 0.6 is 0 Å². The van der Waals surface area contributed by atoms with Crippen molar-refractivity contribution in [3.05, 3.63) is 29.6 Å². The van der Waals surface area contributed by atoms with Crippen LogP contribution in [0.1, 0.15) is 5.56 Å². The zero-order valence-electron chi connectivity index (χ0n) is 10.5. The Morgan fingerprint density at radius 3 is 2.67 bits per heavy atom.